The summed E-state index contributed by atoms with van der Waals surface area (Å²) in [4.78, 5) is -0.433. The molecule has 0 amide bonds. The molecular weight excluding hydrogens is 476 g/mol. The molecule has 0 N–H and O–H groups in total. The lowest BCUT2D eigenvalue weighted by molar-refractivity contribution is 0.211. The number of hydrogen-bond donors (Lipinski definition) is 0. The third-order valence-electron chi connectivity index (χ3n) is 6.85. The lowest BCUT2D eigenvalue weighted by atomic mass is 9.98. The number of thioether (sulfide) groups is 1. The normalized spacial score (nSPS) is 17.1. The van der Waals surface area contributed by atoms with Crippen molar-refractivity contribution < 1.29 is 4.74 Å². The van der Waals surface area contributed by atoms with Gasteiger partial charge in [-0.25, -0.2) is 0 Å². The van der Waals surface area contributed by atoms with Crippen molar-refractivity contribution in [2.45, 2.75) is 95.8 Å². The number of rotatable bonds is 16. The van der Waals surface area contributed by atoms with Gasteiger partial charge in [0.1, 0.15) is 0 Å². The number of thiocarbonyl (C=S) groups is 1. The van der Waals surface area contributed by atoms with Crippen LogP contribution >= 0.6 is 24.0 Å². The van der Waals surface area contributed by atoms with E-state index in [4.69, 9.17) is 17.0 Å². The maximum atomic E-state index is 6.61. The van der Waals surface area contributed by atoms with Gasteiger partial charge in [0.2, 0.25) is 0 Å². The molecule has 0 aromatic heterocycles. The van der Waals surface area contributed by atoms with Gasteiger partial charge >= 0.3 is 0 Å². The highest BCUT2D eigenvalue weighted by Crippen LogP contribution is 2.39. The van der Waals surface area contributed by atoms with Gasteiger partial charge in [0.15, 0.2) is 9.98 Å². The van der Waals surface area contributed by atoms with Gasteiger partial charge < -0.3 is 4.74 Å². The van der Waals surface area contributed by atoms with Gasteiger partial charge in [-0.3, -0.25) is 0 Å². The van der Waals surface area contributed by atoms with Crippen molar-refractivity contribution in [1.82, 2.24) is 0 Å². The molecule has 0 aliphatic heterocycles. The fraction of sp³-hybridized carbons (Fsp3) is 0.485. The standard InChI is InChI=1S/C33H44OS2/c1-3-5-7-8-9-10-15-27-36-33(25-23-30(24-26-33)29-17-13-11-14-18-29)34-32(35)31-21-19-28(20-22-31)16-12-6-4-2/h11,13-14,17-25H,3-10,12,15-16,26-27H2,1-2H3. The Morgan fingerprint density at radius 2 is 1.50 bits per heavy atom. The molecule has 2 aromatic rings. The van der Waals surface area contributed by atoms with Crippen molar-refractivity contribution in [1.29, 1.82) is 0 Å². The summed E-state index contributed by atoms with van der Waals surface area (Å²) in [5, 5.41) is 0.600. The van der Waals surface area contributed by atoms with Crippen molar-refractivity contribution in [3.05, 3.63) is 89.5 Å². The summed E-state index contributed by atoms with van der Waals surface area (Å²) in [7, 11) is 0. The van der Waals surface area contributed by atoms with Crippen molar-refractivity contribution in [2.24, 2.45) is 0 Å². The van der Waals surface area contributed by atoms with Gasteiger partial charge in [-0.1, -0.05) is 132 Å². The van der Waals surface area contributed by atoms with Gasteiger partial charge in [0.25, 0.3) is 0 Å². The van der Waals surface area contributed by atoms with Crippen LogP contribution in [0, 0.1) is 0 Å². The molecule has 0 bridgehead atoms. The fourth-order valence-corrected chi connectivity index (χ4v) is 6.11. The summed E-state index contributed by atoms with van der Waals surface area (Å²) < 4.78 is 6.61. The first-order chi connectivity index (χ1) is 17.7. The highest BCUT2D eigenvalue weighted by atomic mass is 32.2. The topological polar surface area (TPSA) is 9.23 Å². The maximum absolute atomic E-state index is 6.61. The van der Waals surface area contributed by atoms with E-state index in [9.17, 15) is 0 Å². The second kappa shape index (κ2) is 16.1. The minimum atomic E-state index is -0.433. The molecule has 1 aliphatic rings. The van der Waals surface area contributed by atoms with Crippen LogP contribution in [0.2, 0.25) is 0 Å². The molecule has 0 radical (unpaired) electrons. The van der Waals surface area contributed by atoms with Crippen LogP contribution < -0.4 is 0 Å². The lowest BCUT2D eigenvalue weighted by Gasteiger charge is -2.33. The third-order valence-corrected chi connectivity index (χ3v) is 8.54. The van der Waals surface area contributed by atoms with E-state index in [1.807, 2.05) is 11.8 Å². The van der Waals surface area contributed by atoms with Crippen LogP contribution in [-0.4, -0.2) is 15.7 Å². The van der Waals surface area contributed by atoms with Crippen molar-refractivity contribution in [3.8, 4) is 0 Å². The lowest BCUT2D eigenvalue weighted by Crippen LogP contribution is -2.30. The zero-order valence-electron chi connectivity index (χ0n) is 22.3. The molecule has 0 heterocycles. The fourth-order valence-electron chi connectivity index (χ4n) is 4.57. The molecule has 0 fully saturated rings. The predicted octanol–water partition coefficient (Wildman–Crippen LogP) is 10.3. The Labute approximate surface area is 229 Å². The molecule has 1 unspecified atom stereocenters. The second-order valence-corrected chi connectivity index (χ2v) is 11.6. The van der Waals surface area contributed by atoms with Crippen LogP contribution in [-0.2, 0) is 11.2 Å². The van der Waals surface area contributed by atoms with E-state index in [-0.39, 0.29) is 0 Å². The Hall–Kier alpha value is -1.84. The van der Waals surface area contributed by atoms with Gasteiger partial charge in [-0.05, 0) is 60.0 Å². The molecule has 36 heavy (non-hydrogen) atoms. The Bertz CT molecular complexity index is 961. The quantitative estimate of drug-likeness (QED) is 0.124. The molecule has 1 atom stereocenters. The molecule has 194 valence electrons. The molecular formula is C33H44OS2. The van der Waals surface area contributed by atoms with E-state index in [1.54, 1.807) is 0 Å². The first-order valence-electron chi connectivity index (χ1n) is 14.1. The first-order valence-corrected chi connectivity index (χ1v) is 15.5. The summed E-state index contributed by atoms with van der Waals surface area (Å²) in [5.41, 5.74) is 4.90. The van der Waals surface area contributed by atoms with Gasteiger partial charge in [0.05, 0.1) is 0 Å². The number of benzene rings is 2. The Morgan fingerprint density at radius 1 is 0.833 bits per heavy atom. The Balaban J connectivity index is 1.61. The number of unbranched alkanes of at least 4 members (excludes halogenated alkanes) is 8. The van der Waals surface area contributed by atoms with Crippen LogP contribution in [0.3, 0.4) is 0 Å². The number of hydrogen-bond acceptors (Lipinski definition) is 3. The summed E-state index contributed by atoms with van der Waals surface area (Å²) in [6, 6.07) is 19.3. The number of aryl methyl sites for hydroxylation is 1. The molecule has 0 saturated carbocycles. The SMILES string of the molecule is CCCCCCCCCSC1(OC(=S)c2ccc(CCCCC)cc2)C=CC(c2ccccc2)=CC1. The highest BCUT2D eigenvalue weighted by Gasteiger charge is 2.32. The molecule has 2 aromatic carbocycles. The van der Waals surface area contributed by atoms with Crippen LogP contribution in [0.25, 0.3) is 5.57 Å². The average Bonchev–Trinajstić information content (AvgIpc) is 2.92. The summed E-state index contributed by atoms with van der Waals surface area (Å²) in [6.07, 6.45) is 21.8. The van der Waals surface area contributed by atoms with Crippen molar-refractivity contribution in [3.63, 3.8) is 0 Å². The second-order valence-electron chi connectivity index (χ2n) is 9.89. The molecule has 0 spiro atoms. The largest absolute Gasteiger partial charge is 0.461 e. The zero-order valence-corrected chi connectivity index (χ0v) is 24.0. The molecule has 0 saturated heterocycles. The van der Waals surface area contributed by atoms with Gasteiger partial charge in [-0.2, -0.15) is 0 Å². The van der Waals surface area contributed by atoms with E-state index < -0.39 is 4.93 Å². The summed E-state index contributed by atoms with van der Waals surface area (Å²) in [5.74, 6) is 1.09. The third kappa shape index (κ3) is 9.56. The Morgan fingerprint density at radius 3 is 2.17 bits per heavy atom. The van der Waals surface area contributed by atoms with E-state index in [2.05, 4.69) is 86.7 Å². The average molecular weight is 521 g/mol. The first kappa shape index (κ1) is 28.7. The van der Waals surface area contributed by atoms with Crippen molar-refractivity contribution in [2.75, 3.05) is 5.75 Å². The minimum absolute atomic E-state index is 0.433. The smallest absolute Gasteiger partial charge is 0.193 e. The molecule has 1 aliphatic carbocycles. The van der Waals surface area contributed by atoms with Crippen LogP contribution in [0.4, 0.5) is 0 Å². The minimum Gasteiger partial charge on any atom is -0.461 e. The van der Waals surface area contributed by atoms with E-state index in [1.165, 1.54) is 80.9 Å². The van der Waals surface area contributed by atoms with Crippen LogP contribution in [0.1, 0.15) is 101 Å². The summed E-state index contributed by atoms with van der Waals surface area (Å²) in [6.45, 7) is 4.52. The predicted molar refractivity (Wildman–Crippen MR) is 164 cm³/mol. The zero-order chi connectivity index (χ0) is 25.5. The monoisotopic (exact) mass is 520 g/mol. The van der Waals surface area contributed by atoms with E-state index >= 15 is 0 Å². The maximum Gasteiger partial charge on any atom is 0.193 e. The van der Waals surface area contributed by atoms with Crippen LogP contribution in [0.15, 0.2) is 72.8 Å². The van der Waals surface area contributed by atoms with Gasteiger partial charge in [0, 0.05) is 12.0 Å². The van der Waals surface area contributed by atoms with Crippen LogP contribution in [0.5, 0.6) is 0 Å². The summed E-state index contributed by atoms with van der Waals surface area (Å²) >= 11 is 7.73. The highest BCUT2D eigenvalue weighted by molar-refractivity contribution is 8.00. The number of ether oxygens (including phenoxy) is 1. The Kier molecular flexibility index (Phi) is 12.8. The van der Waals surface area contributed by atoms with Gasteiger partial charge in [-0.15, -0.1) is 11.8 Å². The molecule has 3 rings (SSSR count). The van der Waals surface area contributed by atoms with Crippen molar-refractivity contribution >= 4 is 34.6 Å². The number of allylic oxidation sites excluding steroid dienone is 2. The molecule has 1 nitrogen and oxygen atoms in total. The van der Waals surface area contributed by atoms with E-state index in [0.717, 1.165) is 24.2 Å². The molecule has 3 heteroatoms. The van der Waals surface area contributed by atoms with E-state index in [0.29, 0.717) is 5.05 Å².